The second kappa shape index (κ2) is 8.29. The second-order valence-electron chi connectivity index (χ2n) is 7.00. The minimum Gasteiger partial charge on any atom is -0.481 e. The summed E-state index contributed by atoms with van der Waals surface area (Å²) in [4.78, 5) is 10.6. The largest absolute Gasteiger partial charge is 0.481 e. The molecule has 1 fully saturated rings. The minimum atomic E-state index is -4.81. The number of aliphatic carboxylic acids is 1. The third kappa shape index (κ3) is 5.30. The Morgan fingerprint density at radius 2 is 1.71 bits per heavy atom. The molecule has 1 aliphatic carbocycles. The molecule has 1 aromatic rings. The van der Waals surface area contributed by atoms with Gasteiger partial charge in [-0.05, 0) is 60.9 Å². The van der Waals surface area contributed by atoms with E-state index in [1.807, 2.05) is 0 Å². The van der Waals surface area contributed by atoms with E-state index >= 15 is 0 Å². The lowest BCUT2D eigenvalue weighted by Crippen LogP contribution is -2.10. The van der Waals surface area contributed by atoms with Gasteiger partial charge < -0.3 is 5.11 Å². The summed E-state index contributed by atoms with van der Waals surface area (Å²) < 4.78 is 67.9. The van der Waals surface area contributed by atoms with Gasteiger partial charge in [0.2, 0.25) is 0 Å². The fourth-order valence-corrected chi connectivity index (χ4v) is 3.05. The van der Waals surface area contributed by atoms with Crippen LogP contribution in [-0.2, 0) is 4.79 Å². The number of rotatable bonds is 7. The lowest BCUT2D eigenvalue weighted by Gasteiger charge is -2.17. The number of carbonyl (C=O) groups is 1. The Morgan fingerprint density at radius 1 is 1.18 bits per heavy atom. The number of benzene rings is 1. The van der Waals surface area contributed by atoms with Gasteiger partial charge in [0.25, 0.3) is 0 Å². The molecule has 1 saturated carbocycles. The molecule has 0 atom stereocenters. The van der Waals surface area contributed by atoms with Crippen molar-refractivity contribution in [2.75, 3.05) is 0 Å². The molecule has 7 heteroatoms. The highest BCUT2D eigenvalue weighted by atomic mass is 19.4. The minimum absolute atomic E-state index is 0.151. The average Bonchev–Trinajstić information content (AvgIpc) is 3.41. The fourth-order valence-electron chi connectivity index (χ4n) is 3.05. The molecule has 1 N–H and O–H groups in total. The predicted octanol–water partition coefficient (Wildman–Crippen LogP) is 6.70. The van der Waals surface area contributed by atoms with Gasteiger partial charge in [0.15, 0.2) is 5.83 Å². The van der Waals surface area contributed by atoms with Gasteiger partial charge in [-0.15, -0.1) is 0 Å². The quantitative estimate of drug-likeness (QED) is 0.409. The smallest absolute Gasteiger partial charge is 0.415 e. The number of carboxylic acids is 1. The molecule has 1 aliphatic rings. The molecule has 0 amide bonds. The van der Waals surface area contributed by atoms with Crippen LogP contribution in [0.2, 0.25) is 0 Å². The van der Waals surface area contributed by atoms with Crippen molar-refractivity contribution in [2.24, 2.45) is 0 Å². The molecule has 0 aliphatic heterocycles. The SMILES string of the molecule is C=C(/C=C(\C(F)=C(/F)CCC(=O)O)c1c(C)cc(C2CC2)cc1C)C(F)(F)F. The van der Waals surface area contributed by atoms with Gasteiger partial charge >= 0.3 is 12.1 Å². The summed E-state index contributed by atoms with van der Waals surface area (Å²) in [6.45, 7) is 6.17. The number of allylic oxidation sites excluding steroid dienone is 5. The number of halogens is 5. The van der Waals surface area contributed by atoms with E-state index in [4.69, 9.17) is 5.11 Å². The summed E-state index contributed by atoms with van der Waals surface area (Å²) in [6.07, 6.45) is -3.73. The third-order valence-corrected chi connectivity index (χ3v) is 4.59. The molecule has 0 spiro atoms. The zero-order valence-electron chi connectivity index (χ0n) is 15.6. The predicted molar refractivity (Wildman–Crippen MR) is 97.2 cm³/mol. The highest BCUT2D eigenvalue weighted by Gasteiger charge is 2.32. The molecular weight excluding hydrogens is 379 g/mol. The Labute approximate surface area is 160 Å². The number of carboxylic acid groups (broad SMARTS) is 1. The molecule has 0 aromatic heterocycles. The maximum absolute atomic E-state index is 14.8. The molecule has 0 bridgehead atoms. The van der Waals surface area contributed by atoms with Crippen molar-refractivity contribution in [3.63, 3.8) is 0 Å². The summed E-state index contributed by atoms with van der Waals surface area (Å²) in [6, 6.07) is 3.54. The molecule has 152 valence electrons. The number of aryl methyl sites for hydroxylation is 2. The Balaban J connectivity index is 2.59. The van der Waals surface area contributed by atoms with E-state index in [2.05, 4.69) is 6.58 Å². The molecule has 2 rings (SSSR count). The van der Waals surface area contributed by atoms with Crippen molar-refractivity contribution >= 4 is 11.5 Å². The molecule has 1 aromatic carbocycles. The van der Waals surface area contributed by atoms with Crippen LogP contribution in [0.4, 0.5) is 22.0 Å². The zero-order chi connectivity index (χ0) is 21.2. The Morgan fingerprint density at radius 3 is 2.14 bits per heavy atom. The normalized spacial score (nSPS) is 16.0. The first-order valence-electron chi connectivity index (χ1n) is 8.77. The van der Waals surface area contributed by atoms with Crippen molar-refractivity contribution in [2.45, 2.75) is 51.6 Å². The van der Waals surface area contributed by atoms with Crippen LogP contribution in [0.3, 0.4) is 0 Å². The van der Waals surface area contributed by atoms with Crippen LogP contribution in [0.25, 0.3) is 5.57 Å². The van der Waals surface area contributed by atoms with Crippen LogP contribution in [-0.4, -0.2) is 17.3 Å². The van der Waals surface area contributed by atoms with Crippen molar-refractivity contribution in [1.82, 2.24) is 0 Å². The lowest BCUT2D eigenvalue weighted by molar-refractivity contribution is -0.137. The Kier molecular flexibility index (Phi) is 6.47. The molecular formula is C21H21F5O2. The summed E-state index contributed by atoms with van der Waals surface area (Å²) in [7, 11) is 0. The van der Waals surface area contributed by atoms with E-state index < -0.39 is 47.8 Å². The van der Waals surface area contributed by atoms with Crippen molar-refractivity contribution in [3.8, 4) is 0 Å². The van der Waals surface area contributed by atoms with Gasteiger partial charge in [-0.25, -0.2) is 8.78 Å². The van der Waals surface area contributed by atoms with E-state index in [-0.39, 0.29) is 5.56 Å². The second-order valence-corrected chi connectivity index (χ2v) is 7.00. The van der Waals surface area contributed by atoms with Crippen LogP contribution in [0.15, 0.2) is 42.0 Å². The Bertz CT molecular complexity index is 835. The van der Waals surface area contributed by atoms with Crippen LogP contribution in [0, 0.1) is 13.8 Å². The number of hydrogen-bond donors (Lipinski definition) is 1. The molecule has 2 nitrogen and oxygen atoms in total. The summed E-state index contributed by atoms with van der Waals surface area (Å²) in [5, 5.41) is 8.64. The maximum atomic E-state index is 14.8. The first kappa shape index (κ1) is 21.9. The van der Waals surface area contributed by atoms with Crippen LogP contribution in [0.1, 0.15) is 53.9 Å². The summed E-state index contributed by atoms with van der Waals surface area (Å²) in [5.74, 6) is -3.86. The topological polar surface area (TPSA) is 37.3 Å². The third-order valence-electron chi connectivity index (χ3n) is 4.59. The van der Waals surface area contributed by atoms with E-state index in [0.29, 0.717) is 23.1 Å². The molecule has 28 heavy (non-hydrogen) atoms. The highest BCUT2D eigenvalue weighted by Crippen LogP contribution is 2.43. The maximum Gasteiger partial charge on any atom is 0.415 e. The average molecular weight is 400 g/mol. The molecule has 0 heterocycles. The first-order valence-corrected chi connectivity index (χ1v) is 8.77. The Hall–Kier alpha value is -2.44. The lowest BCUT2D eigenvalue weighted by atomic mass is 9.90. The van der Waals surface area contributed by atoms with Crippen molar-refractivity contribution in [1.29, 1.82) is 0 Å². The highest BCUT2D eigenvalue weighted by molar-refractivity contribution is 5.83. The van der Waals surface area contributed by atoms with Crippen molar-refractivity contribution in [3.05, 3.63) is 64.3 Å². The van der Waals surface area contributed by atoms with Crippen LogP contribution >= 0.6 is 0 Å². The van der Waals surface area contributed by atoms with Crippen LogP contribution in [0.5, 0.6) is 0 Å². The fraction of sp³-hybridized carbons (Fsp3) is 0.381. The summed E-state index contributed by atoms with van der Waals surface area (Å²) >= 11 is 0. The van der Waals surface area contributed by atoms with Gasteiger partial charge in [0.1, 0.15) is 5.83 Å². The van der Waals surface area contributed by atoms with Gasteiger partial charge in [-0.2, -0.15) is 13.2 Å². The summed E-state index contributed by atoms with van der Waals surface area (Å²) in [5.41, 5.74) is 0.297. The monoisotopic (exact) mass is 400 g/mol. The van der Waals surface area contributed by atoms with Crippen LogP contribution < -0.4 is 0 Å². The van der Waals surface area contributed by atoms with E-state index in [9.17, 15) is 26.7 Å². The molecule has 0 radical (unpaired) electrons. The van der Waals surface area contributed by atoms with E-state index in [1.54, 1.807) is 26.0 Å². The number of alkyl halides is 3. The van der Waals surface area contributed by atoms with Gasteiger partial charge in [0, 0.05) is 17.6 Å². The van der Waals surface area contributed by atoms with Crippen molar-refractivity contribution < 1.29 is 31.9 Å². The standard InChI is InChI=1S/C21H21F5O2/c1-11-8-15(14-4-5-14)9-12(2)19(11)16(10-13(3)21(24,25)26)20(23)17(22)6-7-18(27)28/h8-10,14H,3-7H2,1-2H3,(H,27,28)/b16-10-,20-17+. The zero-order valence-corrected chi connectivity index (χ0v) is 15.6. The van der Waals surface area contributed by atoms with E-state index in [1.165, 1.54) is 0 Å². The van der Waals surface area contributed by atoms with Gasteiger partial charge in [0.05, 0.1) is 6.42 Å². The molecule has 0 saturated heterocycles. The van der Waals surface area contributed by atoms with Gasteiger partial charge in [-0.3, -0.25) is 4.79 Å². The molecule has 0 unspecified atom stereocenters. The van der Waals surface area contributed by atoms with Gasteiger partial charge in [-0.1, -0.05) is 18.7 Å². The van der Waals surface area contributed by atoms with E-state index in [0.717, 1.165) is 18.4 Å². The first-order chi connectivity index (χ1) is 12.9. The number of hydrogen-bond acceptors (Lipinski definition) is 1.